The second kappa shape index (κ2) is 6.35. The summed E-state index contributed by atoms with van der Waals surface area (Å²) in [4.78, 5) is 12.3. The molecule has 1 aromatic heterocycles. The highest BCUT2D eigenvalue weighted by Gasteiger charge is 2.21. The average molecular weight is 305 g/mol. The van der Waals surface area contributed by atoms with Crippen LogP contribution in [0.3, 0.4) is 0 Å². The zero-order valence-corrected chi connectivity index (χ0v) is 12.5. The molecule has 6 heteroatoms. The smallest absolute Gasteiger partial charge is 0.170 e. The number of rotatable bonds is 4. The highest BCUT2D eigenvalue weighted by molar-refractivity contribution is 6.30. The van der Waals surface area contributed by atoms with Gasteiger partial charge in [-0.3, -0.25) is 4.79 Å². The number of aromatic nitrogens is 4. The molecule has 1 aliphatic carbocycles. The van der Waals surface area contributed by atoms with E-state index in [9.17, 15) is 4.79 Å². The number of benzene rings is 1. The minimum absolute atomic E-state index is 0.0125. The van der Waals surface area contributed by atoms with Crippen LogP contribution in [-0.2, 0) is 6.42 Å². The van der Waals surface area contributed by atoms with Gasteiger partial charge in [-0.05, 0) is 47.5 Å². The standard InChI is InChI=1S/C15H17ClN4O/c16-12-8-6-11(7-9-12)14(21)10-15-17-18-19-20(15)13-4-2-1-3-5-13/h6-9,13H,1-5,10H2. The van der Waals surface area contributed by atoms with E-state index in [-0.39, 0.29) is 12.2 Å². The molecule has 0 radical (unpaired) electrons. The summed E-state index contributed by atoms with van der Waals surface area (Å²) >= 11 is 5.84. The molecule has 0 unspecified atom stereocenters. The molecule has 0 N–H and O–H groups in total. The molecule has 110 valence electrons. The minimum Gasteiger partial charge on any atom is -0.294 e. The number of Topliss-reactive ketones (excluding diaryl/α,β-unsaturated/α-hetero) is 1. The van der Waals surface area contributed by atoms with Crippen molar-refractivity contribution in [1.82, 2.24) is 20.2 Å². The van der Waals surface area contributed by atoms with Gasteiger partial charge in [-0.1, -0.05) is 30.9 Å². The third-order valence-corrected chi connectivity index (χ3v) is 4.22. The predicted octanol–water partition coefficient (Wildman–Crippen LogP) is 3.26. The van der Waals surface area contributed by atoms with Crippen molar-refractivity contribution in [3.8, 4) is 0 Å². The fourth-order valence-electron chi connectivity index (χ4n) is 2.82. The van der Waals surface area contributed by atoms with E-state index in [1.807, 2.05) is 4.68 Å². The number of carbonyl (C=O) groups excluding carboxylic acids is 1. The molecule has 3 rings (SSSR count). The topological polar surface area (TPSA) is 60.7 Å². The Bertz CT molecular complexity index is 617. The molecule has 0 bridgehead atoms. The summed E-state index contributed by atoms with van der Waals surface area (Å²) in [6, 6.07) is 7.25. The molecular formula is C15H17ClN4O. The molecule has 0 amide bonds. The van der Waals surface area contributed by atoms with E-state index in [1.54, 1.807) is 24.3 Å². The number of nitrogens with zero attached hydrogens (tertiary/aromatic N) is 4. The Labute approximate surface area is 128 Å². The maximum Gasteiger partial charge on any atom is 0.170 e. The third kappa shape index (κ3) is 3.29. The summed E-state index contributed by atoms with van der Waals surface area (Å²) in [7, 11) is 0. The molecular weight excluding hydrogens is 288 g/mol. The van der Waals surface area contributed by atoms with Gasteiger partial charge in [-0.2, -0.15) is 0 Å². The van der Waals surface area contributed by atoms with Gasteiger partial charge in [-0.25, -0.2) is 4.68 Å². The molecule has 1 aliphatic rings. The van der Waals surface area contributed by atoms with Crippen LogP contribution in [0.1, 0.15) is 54.3 Å². The quantitative estimate of drug-likeness (QED) is 0.813. The van der Waals surface area contributed by atoms with E-state index in [2.05, 4.69) is 15.5 Å². The molecule has 0 atom stereocenters. The molecule has 21 heavy (non-hydrogen) atoms. The van der Waals surface area contributed by atoms with Crippen LogP contribution in [0.25, 0.3) is 0 Å². The van der Waals surface area contributed by atoms with Gasteiger partial charge in [0.2, 0.25) is 0 Å². The fourth-order valence-corrected chi connectivity index (χ4v) is 2.95. The Hall–Kier alpha value is -1.75. The maximum atomic E-state index is 12.3. The number of carbonyl (C=O) groups is 1. The van der Waals surface area contributed by atoms with Crippen molar-refractivity contribution < 1.29 is 4.79 Å². The van der Waals surface area contributed by atoms with Crippen molar-refractivity contribution in [3.05, 3.63) is 40.7 Å². The molecule has 1 saturated carbocycles. The van der Waals surface area contributed by atoms with Crippen LogP contribution >= 0.6 is 11.6 Å². The largest absolute Gasteiger partial charge is 0.294 e. The number of ketones is 1. The van der Waals surface area contributed by atoms with Gasteiger partial charge in [0, 0.05) is 10.6 Å². The van der Waals surface area contributed by atoms with Crippen molar-refractivity contribution in [2.45, 2.75) is 44.6 Å². The van der Waals surface area contributed by atoms with Gasteiger partial charge >= 0.3 is 0 Å². The summed E-state index contributed by atoms with van der Waals surface area (Å²) in [6.45, 7) is 0. The van der Waals surface area contributed by atoms with Gasteiger partial charge in [0.25, 0.3) is 0 Å². The number of hydrogen-bond acceptors (Lipinski definition) is 4. The first kappa shape index (κ1) is 14.2. The first-order valence-corrected chi connectivity index (χ1v) is 7.67. The lowest BCUT2D eigenvalue weighted by molar-refractivity contribution is 0.0988. The van der Waals surface area contributed by atoms with E-state index in [4.69, 9.17) is 11.6 Å². The van der Waals surface area contributed by atoms with Crippen LogP contribution in [-0.4, -0.2) is 26.0 Å². The van der Waals surface area contributed by atoms with Crippen LogP contribution in [0.5, 0.6) is 0 Å². The Kier molecular flexibility index (Phi) is 4.29. The lowest BCUT2D eigenvalue weighted by Crippen LogP contribution is -2.19. The Balaban J connectivity index is 1.74. The molecule has 0 spiro atoms. The average Bonchev–Trinajstić information content (AvgIpc) is 2.97. The van der Waals surface area contributed by atoms with E-state index < -0.39 is 0 Å². The summed E-state index contributed by atoms with van der Waals surface area (Å²) in [5.41, 5.74) is 0.637. The van der Waals surface area contributed by atoms with Crippen molar-refractivity contribution >= 4 is 17.4 Å². The monoisotopic (exact) mass is 304 g/mol. The molecule has 1 heterocycles. The summed E-state index contributed by atoms with van der Waals surface area (Å²) in [5.74, 6) is 0.667. The zero-order valence-electron chi connectivity index (χ0n) is 11.7. The van der Waals surface area contributed by atoms with Crippen molar-refractivity contribution in [2.75, 3.05) is 0 Å². The van der Waals surface area contributed by atoms with E-state index in [0.717, 1.165) is 12.8 Å². The summed E-state index contributed by atoms with van der Waals surface area (Å²) in [5, 5.41) is 12.5. The zero-order chi connectivity index (χ0) is 14.7. The number of hydrogen-bond donors (Lipinski definition) is 0. The molecule has 0 saturated heterocycles. The molecule has 5 nitrogen and oxygen atoms in total. The van der Waals surface area contributed by atoms with Crippen LogP contribution in [0.2, 0.25) is 5.02 Å². The van der Waals surface area contributed by atoms with Gasteiger partial charge in [0.1, 0.15) is 0 Å². The van der Waals surface area contributed by atoms with Gasteiger partial charge in [-0.15, -0.1) is 5.10 Å². The molecule has 1 fully saturated rings. The Morgan fingerprint density at radius 3 is 2.62 bits per heavy atom. The number of halogens is 1. The van der Waals surface area contributed by atoms with Crippen LogP contribution < -0.4 is 0 Å². The SMILES string of the molecule is O=C(Cc1nnnn1C1CCCCC1)c1ccc(Cl)cc1. The Morgan fingerprint density at radius 2 is 1.90 bits per heavy atom. The van der Waals surface area contributed by atoms with Crippen molar-refractivity contribution in [1.29, 1.82) is 0 Å². The highest BCUT2D eigenvalue weighted by Crippen LogP contribution is 2.28. The van der Waals surface area contributed by atoms with Gasteiger partial charge in [0.15, 0.2) is 11.6 Å². The summed E-state index contributed by atoms with van der Waals surface area (Å²) in [6.07, 6.45) is 6.09. The minimum atomic E-state index is 0.0125. The number of tetrazole rings is 1. The lowest BCUT2D eigenvalue weighted by Gasteiger charge is -2.22. The first-order valence-electron chi connectivity index (χ1n) is 7.29. The van der Waals surface area contributed by atoms with Gasteiger partial charge in [0.05, 0.1) is 12.5 Å². The fraction of sp³-hybridized carbons (Fsp3) is 0.467. The van der Waals surface area contributed by atoms with Crippen LogP contribution in [0, 0.1) is 0 Å². The summed E-state index contributed by atoms with van der Waals surface area (Å²) < 4.78 is 1.84. The van der Waals surface area contributed by atoms with Crippen LogP contribution in [0.4, 0.5) is 0 Å². The normalized spacial score (nSPS) is 16.0. The predicted molar refractivity (Wildman–Crippen MR) is 79.4 cm³/mol. The third-order valence-electron chi connectivity index (χ3n) is 3.97. The second-order valence-electron chi connectivity index (χ2n) is 5.44. The van der Waals surface area contributed by atoms with Crippen molar-refractivity contribution in [2.24, 2.45) is 0 Å². The van der Waals surface area contributed by atoms with E-state index in [0.29, 0.717) is 22.5 Å². The molecule has 1 aromatic carbocycles. The maximum absolute atomic E-state index is 12.3. The van der Waals surface area contributed by atoms with E-state index in [1.165, 1.54) is 19.3 Å². The van der Waals surface area contributed by atoms with E-state index >= 15 is 0 Å². The van der Waals surface area contributed by atoms with Crippen molar-refractivity contribution in [3.63, 3.8) is 0 Å². The first-order chi connectivity index (χ1) is 10.2. The highest BCUT2D eigenvalue weighted by atomic mass is 35.5. The van der Waals surface area contributed by atoms with Gasteiger partial charge < -0.3 is 0 Å². The molecule has 0 aliphatic heterocycles. The second-order valence-corrected chi connectivity index (χ2v) is 5.87. The van der Waals surface area contributed by atoms with Crippen LogP contribution in [0.15, 0.2) is 24.3 Å². The lowest BCUT2D eigenvalue weighted by atomic mass is 9.95. The Morgan fingerprint density at radius 1 is 1.19 bits per heavy atom. The molecule has 2 aromatic rings.